The molecule has 0 saturated heterocycles. The van der Waals surface area contributed by atoms with E-state index in [1.165, 1.54) is 0 Å². The smallest absolute Gasteiger partial charge is 0.339 e. The maximum absolute atomic E-state index is 12.8. The molecule has 0 amide bonds. The molecule has 6 heteroatoms. The molecule has 1 rings (SSSR count). The van der Waals surface area contributed by atoms with Gasteiger partial charge in [-0.25, -0.2) is 18.4 Å². The molecule has 102 valence electrons. The predicted molar refractivity (Wildman–Crippen MR) is 63.0 cm³/mol. The molecule has 0 atom stereocenters. The summed E-state index contributed by atoms with van der Waals surface area (Å²) in [4.78, 5) is 20.9. The van der Waals surface area contributed by atoms with Crippen molar-refractivity contribution in [2.45, 2.75) is 27.7 Å². The Morgan fingerprint density at radius 3 is 1.22 bits per heavy atom. The number of carbonyl (C=O) groups is 2. The number of hydrogen-bond acceptors (Lipinski definition) is 2. The van der Waals surface area contributed by atoms with Crippen LogP contribution in [0.4, 0.5) is 8.78 Å². The second-order valence-electron chi connectivity index (χ2n) is 2.39. The van der Waals surface area contributed by atoms with Gasteiger partial charge in [0.2, 0.25) is 0 Å². The lowest BCUT2D eigenvalue weighted by atomic mass is 10.1. The molecule has 18 heavy (non-hydrogen) atoms. The van der Waals surface area contributed by atoms with Gasteiger partial charge in [0.15, 0.2) is 0 Å². The minimum absolute atomic E-state index is 0.561. The fourth-order valence-corrected chi connectivity index (χ4v) is 0.970. The van der Waals surface area contributed by atoms with Gasteiger partial charge in [-0.05, 0) is 12.1 Å². The Bertz CT molecular complexity index is 378. The highest BCUT2D eigenvalue weighted by Gasteiger charge is 2.24. The Labute approximate surface area is 104 Å². The fourth-order valence-electron chi connectivity index (χ4n) is 0.970. The lowest BCUT2D eigenvalue weighted by Crippen LogP contribution is -2.13. The summed E-state index contributed by atoms with van der Waals surface area (Å²) in [6, 6.07) is 1.12. The van der Waals surface area contributed by atoms with Crippen molar-refractivity contribution >= 4 is 11.9 Å². The third-order valence-electron chi connectivity index (χ3n) is 1.53. The van der Waals surface area contributed by atoms with Gasteiger partial charge in [-0.15, -0.1) is 0 Å². The van der Waals surface area contributed by atoms with Crippen molar-refractivity contribution in [3.05, 3.63) is 34.9 Å². The second-order valence-corrected chi connectivity index (χ2v) is 2.39. The first-order valence-electron chi connectivity index (χ1n) is 5.39. The number of aromatic carboxylic acids is 2. The van der Waals surface area contributed by atoms with Gasteiger partial charge in [0.05, 0.1) is 0 Å². The zero-order valence-corrected chi connectivity index (χ0v) is 10.6. The molecule has 0 unspecified atom stereocenters. The average molecular weight is 262 g/mol. The Balaban J connectivity index is 0. The molecule has 4 nitrogen and oxygen atoms in total. The topological polar surface area (TPSA) is 74.6 Å². The molecule has 0 aliphatic rings. The van der Waals surface area contributed by atoms with Crippen LogP contribution in [0.1, 0.15) is 48.4 Å². The maximum atomic E-state index is 12.8. The van der Waals surface area contributed by atoms with Gasteiger partial charge in [0, 0.05) is 0 Å². The van der Waals surface area contributed by atoms with E-state index in [2.05, 4.69) is 0 Å². The molecule has 0 aliphatic heterocycles. The van der Waals surface area contributed by atoms with Crippen LogP contribution < -0.4 is 0 Å². The number of rotatable bonds is 2. The van der Waals surface area contributed by atoms with Crippen LogP contribution in [-0.2, 0) is 0 Å². The summed E-state index contributed by atoms with van der Waals surface area (Å²) in [6.07, 6.45) is 0. The van der Waals surface area contributed by atoms with Crippen LogP contribution in [0.3, 0.4) is 0 Å². The van der Waals surface area contributed by atoms with Crippen molar-refractivity contribution in [2.24, 2.45) is 0 Å². The standard InChI is InChI=1S/C8H4F2O4.2C2H6/c9-3-1-2-4(10)6(8(13)14)5(3)7(11)12;2*1-2/h1-2H,(H,11,12)(H,13,14);2*1-2H3. The quantitative estimate of drug-likeness (QED) is 0.856. The van der Waals surface area contributed by atoms with Gasteiger partial charge in [-0.1, -0.05) is 27.7 Å². The van der Waals surface area contributed by atoms with Crippen molar-refractivity contribution in [3.8, 4) is 0 Å². The first kappa shape index (κ1) is 18.4. The molecule has 2 N–H and O–H groups in total. The number of carboxylic acid groups (broad SMARTS) is 2. The molecule has 0 aromatic heterocycles. The Kier molecular flexibility index (Phi) is 9.29. The summed E-state index contributed by atoms with van der Waals surface area (Å²) in [5.74, 6) is -6.20. The molecule has 0 saturated carbocycles. The minimum Gasteiger partial charge on any atom is -0.478 e. The van der Waals surface area contributed by atoms with Crippen LogP contribution >= 0.6 is 0 Å². The molecule has 0 spiro atoms. The Hall–Kier alpha value is -1.98. The first-order chi connectivity index (χ1) is 8.45. The van der Waals surface area contributed by atoms with E-state index in [-0.39, 0.29) is 0 Å². The van der Waals surface area contributed by atoms with Crippen LogP contribution in [0.2, 0.25) is 0 Å². The summed E-state index contributed by atoms with van der Waals surface area (Å²) in [7, 11) is 0. The molecule has 1 aromatic carbocycles. The highest BCUT2D eigenvalue weighted by molar-refractivity contribution is 6.02. The SMILES string of the molecule is CC.CC.O=C(O)c1c(F)ccc(F)c1C(=O)O. The van der Waals surface area contributed by atoms with Crippen LogP contribution in [0.25, 0.3) is 0 Å². The molecule has 0 radical (unpaired) electrons. The molecule has 1 aromatic rings. The normalized spacial score (nSPS) is 8.33. The van der Waals surface area contributed by atoms with E-state index in [9.17, 15) is 18.4 Å². The maximum Gasteiger partial charge on any atom is 0.339 e. The van der Waals surface area contributed by atoms with Gasteiger partial charge >= 0.3 is 11.9 Å². The van der Waals surface area contributed by atoms with Gasteiger partial charge in [0.1, 0.15) is 22.8 Å². The molecular formula is C12H16F2O4. The van der Waals surface area contributed by atoms with E-state index in [4.69, 9.17) is 10.2 Å². The number of hydrogen-bond donors (Lipinski definition) is 2. The van der Waals surface area contributed by atoms with Gasteiger partial charge in [-0.2, -0.15) is 0 Å². The lowest BCUT2D eigenvalue weighted by Gasteiger charge is -2.03. The summed E-state index contributed by atoms with van der Waals surface area (Å²) >= 11 is 0. The van der Waals surface area contributed by atoms with Crippen molar-refractivity contribution in [1.29, 1.82) is 0 Å². The fraction of sp³-hybridized carbons (Fsp3) is 0.333. The van der Waals surface area contributed by atoms with Crippen LogP contribution in [0, 0.1) is 11.6 Å². The van der Waals surface area contributed by atoms with E-state index >= 15 is 0 Å². The Morgan fingerprint density at radius 2 is 1.06 bits per heavy atom. The second kappa shape index (κ2) is 9.09. The van der Waals surface area contributed by atoms with E-state index in [1.807, 2.05) is 27.7 Å². The molecular weight excluding hydrogens is 246 g/mol. The highest BCUT2D eigenvalue weighted by atomic mass is 19.1. The lowest BCUT2D eigenvalue weighted by molar-refractivity contribution is 0.0642. The van der Waals surface area contributed by atoms with Gasteiger partial charge in [0.25, 0.3) is 0 Å². The van der Waals surface area contributed by atoms with Crippen molar-refractivity contribution in [1.82, 2.24) is 0 Å². The summed E-state index contributed by atoms with van der Waals surface area (Å²) < 4.78 is 25.7. The van der Waals surface area contributed by atoms with Gasteiger partial charge in [-0.3, -0.25) is 0 Å². The summed E-state index contributed by atoms with van der Waals surface area (Å²) in [6.45, 7) is 8.00. The molecule has 0 fully saturated rings. The number of carboxylic acids is 2. The predicted octanol–water partition coefficient (Wildman–Crippen LogP) is 3.41. The first-order valence-corrected chi connectivity index (χ1v) is 5.39. The van der Waals surface area contributed by atoms with Crippen LogP contribution in [-0.4, -0.2) is 22.2 Å². The minimum atomic E-state index is -1.82. The van der Waals surface area contributed by atoms with Crippen molar-refractivity contribution in [3.63, 3.8) is 0 Å². The Morgan fingerprint density at radius 1 is 0.833 bits per heavy atom. The van der Waals surface area contributed by atoms with E-state index in [0.29, 0.717) is 12.1 Å². The van der Waals surface area contributed by atoms with Crippen LogP contribution in [0.15, 0.2) is 12.1 Å². The molecule has 0 heterocycles. The average Bonchev–Trinajstić information content (AvgIpc) is 2.36. The molecule has 0 bridgehead atoms. The molecule has 0 aliphatic carbocycles. The number of halogens is 2. The highest BCUT2D eigenvalue weighted by Crippen LogP contribution is 2.17. The third kappa shape index (κ3) is 4.48. The van der Waals surface area contributed by atoms with Crippen LogP contribution in [0.5, 0.6) is 0 Å². The number of benzene rings is 1. The van der Waals surface area contributed by atoms with Crippen molar-refractivity contribution in [2.75, 3.05) is 0 Å². The largest absolute Gasteiger partial charge is 0.478 e. The zero-order chi connectivity index (χ0) is 14.9. The van der Waals surface area contributed by atoms with E-state index < -0.39 is 34.7 Å². The zero-order valence-electron chi connectivity index (χ0n) is 10.6. The van der Waals surface area contributed by atoms with E-state index in [1.54, 1.807) is 0 Å². The summed E-state index contributed by atoms with van der Waals surface area (Å²) in [5, 5.41) is 16.9. The monoisotopic (exact) mass is 262 g/mol. The van der Waals surface area contributed by atoms with Crippen molar-refractivity contribution < 1.29 is 28.6 Å². The third-order valence-corrected chi connectivity index (χ3v) is 1.53. The van der Waals surface area contributed by atoms with Gasteiger partial charge < -0.3 is 10.2 Å². The summed E-state index contributed by atoms with van der Waals surface area (Å²) in [5.41, 5.74) is -2.34. The van der Waals surface area contributed by atoms with E-state index in [0.717, 1.165) is 0 Å².